The first kappa shape index (κ1) is 20.9. The Bertz CT molecular complexity index is 838. The van der Waals surface area contributed by atoms with Crippen LogP contribution in [0.15, 0.2) is 48.5 Å². The molecule has 2 rings (SSSR count). The third-order valence-corrected chi connectivity index (χ3v) is 3.55. The Morgan fingerprint density at radius 1 is 0.929 bits per heavy atom. The van der Waals surface area contributed by atoms with E-state index in [-0.39, 0.29) is 19.1 Å². The van der Waals surface area contributed by atoms with E-state index in [9.17, 15) is 14.4 Å². The Kier molecular flexibility index (Phi) is 7.98. The van der Waals surface area contributed by atoms with Gasteiger partial charge in [-0.1, -0.05) is 18.2 Å². The number of hydrogen-bond donors (Lipinski definition) is 3. The normalized spacial score (nSPS) is 10.1. The molecule has 0 aromatic heterocycles. The van der Waals surface area contributed by atoms with Crippen molar-refractivity contribution in [3.05, 3.63) is 54.1 Å². The molecule has 0 unspecified atom stereocenters. The van der Waals surface area contributed by atoms with Gasteiger partial charge in [0, 0.05) is 18.5 Å². The quantitative estimate of drug-likeness (QED) is 0.613. The zero-order chi connectivity index (χ0) is 20.4. The Morgan fingerprint density at radius 3 is 2.29 bits per heavy atom. The van der Waals surface area contributed by atoms with E-state index >= 15 is 0 Å². The topological polar surface area (TPSA) is 106 Å². The fourth-order valence-corrected chi connectivity index (χ4v) is 2.40. The predicted molar refractivity (Wildman–Crippen MR) is 106 cm³/mol. The lowest BCUT2D eigenvalue weighted by Gasteiger charge is -2.11. The summed E-state index contributed by atoms with van der Waals surface area (Å²) in [4.78, 5) is 36.0. The molecule has 0 aliphatic heterocycles. The maximum atomic E-state index is 12.3. The second kappa shape index (κ2) is 10.7. The maximum absolute atomic E-state index is 12.3. The molecule has 0 aliphatic rings. The first-order valence-electron chi connectivity index (χ1n) is 8.72. The maximum Gasteiger partial charge on any atom is 0.255 e. The van der Waals surface area contributed by atoms with Crippen LogP contribution in [0.25, 0.3) is 0 Å². The van der Waals surface area contributed by atoms with Gasteiger partial charge >= 0.3 is 0 Å². The van der Waals surface area contributed by atoms with Crippen molar-refractivity contribution in [3.8, 4) is 5.75 Å². The smallest absolute Gasteiger partial charge is 0.255 e. The molecule has 2 aromatic rings. The van der Waals surface area contributed by atoms with Gasteiger partial charge in [-0.25, -0.2) is 0 Å². The van der Waals surface area contributed by atoms with E-state index in [0.29, 0.717) is 29.3 Å². The summed E-state index contributed by atoms with van der Waals surface area (Å²) in [7, 11) is 1.43. The zero-order valence-corrected chi connectivity index (χ0v) is 15.8. The molecule has 3 N–H and O–H groups in total. The van der Waals surface area contributed by atoms with Crippen LogP contribution in [0.5, 0.6) is 5.75 Å². The Labute approximate surface area is 163 Å². The van der Waals surface area contributed by atoms with Crippen molar-refractivity contribution in [1.29, 1.82) is 0 Å². The largest absolute Gasteiger partial charge is 0.493 e. The molecule has 0 atom stereocenters. The summed E-state index contributed by atoms with van der Waals surface area (Å²) in [6.45, 7) is 1.99. The molecule has 8 nitrogen and oxygen atoms in total. The number of carbonyl (C=O) groups is 3. The lowest BCUT2D eigenvalue weighted by molar-refractivity contribution is -0.119. The van der Waals surface area contributed by atoms with E-state index in [0.717, 1.165) is 0 Å². The van der Waals surface area contributed by atoms with Gasteiger partial charge in [-0.05, 0) is 37.3 Å². The Hall–Kier alpha value is -3.39. The van der Waals surface area contributed by atoms with E-state index < -0.39 is 11.8 Å². The highest BCUT2D eigenvalue weighted by molar-refractivity contribution is 6.01. The molecule has 28 heavy (non-hydrogen) atoms. The number of amides is 3. The molecule has 148 valence electrons. The average Bonchev–Trinajstić information content (AvgIpc) is 2.67. The van der Waals surface area contributed by atoms with E-state index in [4.69, 9.17) is 9.47 Å². The highest BCUT2D eigenvalue weighted by Gasteiger charge is 2.13. The summed E-state index contributed by atoms with van der Waals surface area (Å²) >= 11 is 0. The van der Waals surface area contributed by atoms with Crippen molar-refractivity contribution in [1.82, 2.24) is 5.32 Å². The molecule has 0 spiro atoms. The van der Waals surface area contributed by atoms with E-state index in [1.165, 1.54) is 7.11 Å². The number of anilines is 2. The number of benzene rings is 2. The first-order chi connectivity index (χ1) is 13.5. The van der Waals surface area contributed by atoms with Crippen LogP contribution >= 0.6 is 0 Å². The summed E-state index contributed by atoms with van der Waals surface area (Å²) in [6.07, 6.45) is 0. The van der Waals surface area contributed by atoms with Gasteiger partial charge in [-0.3, -0.25) is 14.4 Å². The molecule has 0 heterocycles. The zero-order valence-electron chi connectivity index (χ0n) is 15.8. The van der Waals surface area contributed by atoms with Gasteiger partial charge in [0.05, 0.1) is 18.7 Å². The molecular weight excluding hydrogens is 362 g/mol. The van der Waals surface area contributed by atoms with Crippen LogP contribution in [0, 0.1) is 0 Å². The molecule has 0 bridgehead atoms. The van der Waals surface area contributed by atoms with Crippen LogP contribution in [-0.4, -0.2) is 44.6 Å². The minimum absolute atomic E-state index is 0.0637. The van der Waals surface area contributed by atoms with Crippen LogP contribution in [-0.2, 0) is 14.3 Å². The molecule has 8 heteroatoms. The predicted octanol–water partition coefficient (Wildman–Crippen LogP) is 2.04. The van der Waals surface area contributed by atoms with Crippen molar-refractivity contribution in [2.45, 2.75) is 6.92 Å². The lowest BCUT2D eigenvalue weighted by atomic mass is 10.2. The highest BCUT2D eigenvalue weighted by atomic mass is 16.5. The third-order valence-electron chi connectivity index (χ3n) is 3.55. The van der Waals surface area contributed by atoms with Gasteiger partial charge in [0.25, 0.3) is 5.91 Å². The Morgan fingerprint density at radius 2 is 1.61 bits per heavy atom. The molecular formula is C20H23N3O5. The fraction of sp³-hybridized carbons (Fsp3) is 0.250. The highest BCUT2D eigenvalue weighted by Crippen LogP contribution is 2.18. The number of carbonyl (C=O) groups excluding carboxylic acids is 3. The van der Waals surface area contributed by atoms with Gasteiger partial charge < -0.3 is 25.4 Å². The first-order valence-corrected chi connectivity index (χ1v) is 8.72. The number of hydrogen-bond acceptors (Lipinski definition) is 5. The van der Waals surface area contributed by atoms with Gasteiger partial charge in [0.15, 0.2) is 0 Å². The van der Waals surface area contributed by atoms with Crippen LogP contribution in [0.1, 0.15) is 17.3 Å². The molecule has 0 radical (unpaired) electrons. The minimum Gasteiger partial charge on any atom is -0.493 e. The van der Waals surface area contributed by atoms with Crippen LogP contribution in [0.3, 0.4) is 0 Å². The van der Waals surface area contributed by atoms with E-state index in [2.05, 4.69) is 16.0 Å². The van der Waals surface area contributed by atoms with Crippen molar-refractivity contribution >= 4 is 29.1 Å². The van der Waals surface area contributed by atoms with Crippen molar-refractivity contribution in [2.75, 3.05) is 37.5 Å². The lowest BCUT2D eigenvalue weighted by Crippen LogP contribution is -2.33. The van der Waals surface area contributed by atoms with Gasteiger partial charge in [0.1, 0.15) is 12.4 Å². The van der Waals surface area contributed by atoms with Crippen molar-refractivity contribution in [2.24, 2.45) is 0 Å². The molecule has 2 aromatic carbocycles. The number of para-hydroxylation sites is 1. The number of methoxy groups -OCH3 is 1. The second-order valence-corrected chi connectivity index (χ2v) is 5.72. The SMILES string of the molecule is CCOc1ccccc1C(=O)NCC(=O)Nc1cccc(NC(=O)COC)c1. The molecule has 0 saturated carbocycles. The van der Waals surface area contributed by atoms with E-state index in [1.54, 1.807) is 48.5 Å². The van der Waals surface area contributed by atoms with Gasteiger partial charge in [-0.15, -0.1) is 0 Å². The minimum atomic E-state index is -0.403. The van der Waals surface area contributed by atoms with E-state index in [1.807, 2.05) is 6.92 Å². The monoisotopic (exact) mass is 385 g/mol. The molecule has 0 fully saturated rings. The summed E-state index contributed by atoms with van der Waals surface area (Å²) in [5.74, 6) is -0.643. The summed E-state index contributed by atoms with van der Waals surface area (Å²) in [5, 5.41) is 7.88. The summed E-state index contributed by atoms with van der Waals surface area (Å²) in [5.41, 5.74) is 1.37. The molecule has 0 saturated heterocycles. The third kappa shape index (κ3) is 6.40. The number of nitrogens with one attached hydrogen (secondary N) is 3. The fourth-order valence-electron chi connectivity index (χ4n) is 2.40. The standard InChI is InChI=1S/C20H23N3O5/c1-3-28-17-10-5-4-9-16(17)20(26)21-12-18(24)22-14-7-6-8-15(11-14)23-19(25)13-27-2/h4-11H,3,12-13H2,1-2H3,(H,21,26)(H,22,24)(H,23,25). The number of rotatable bonds is 9. The van der Waals surface area contributed by atoms with Crippen molar-refractivity contribution < 1.29 is 23.9 Å². The van der Waals surface area contributed by atoms with Crippen LogP contribution in [0.4, 0.5) is 11.4 Å². The summed E-state index contributed by atoms with van der Waals surface area (Å²) < 4.78 is 10.2. The summed E-state index contributed by atoms with van der Waals surface area (Å²) in [6, 6.07) is 13.5. The average molecular weight is 385 g/mol. The second-order valence-electron chi connectivity index (χ2n) is 5.72. The van der Waals surface area contributed by atoms with Crippen LogP contribution in [0.2, 0.25) is 0 Å². The Balaban J connectivity index is 1.91. The molecule has 3 amide bonds. The number of ether oxygens (including phenoxy) is 2. The molecule has 0 aliphatic carbocycles. The van der Waals surface area contributed by atoms with Crippen LogP contribution < -0.4 is 20.7 Å². The van der Waals surface area contributed by atoms with Crippen molar-refractivity contribution in [3.63, 3.8) is 0 Å². The van der Waals surface area contributed by atoms with Gasteiger partial charge in [-0.2, -0.15) is 0 Å². The van der Waals surface area contributed by atoms with Gasteiger partial charge in [0.2, 0.25) is 11.8 Å².